The monoisotopic (exact) mass is 401 g/mol. The lowest BCUT2D eigenvalue weighted by Crippen LogP contribution is -2.39. The van der Waals surface area contributed by atoms with Crippen molar-refractivity contribution < 1.29 is 13.5 Å². The summed E-state index contributed by atoms with van der Waals surface area (Å²) in [6.07, 6.45) is 3.86. The number of benzene rings is 2. The van der Waals surface area contributed by atoms with Crippen LogP contribution in [0.4, 0.5) is 10.1 Å². The number of hydrogen-bond donors (Lipinski definition) is 0. The molecule has 3 rings (SSSR count). The normalized spacial score (nSPS) is 13.7. The third kappa shape index (κ3) is 3.24. The summed E-state index contributed by atoms with van der Waals surface area (Å²) < 4.78 is 25.5. The van der Waals surface area contributed by atoms with Crippen molar-refractivity contribution in [3.8, 4) is 5.75 Å². The van der Waals surface area contributed by atoms with Crippen LogP contribution in [-0.2, 0) is 0 Å². The third-order valence-corrected chi connectivity index (χ3v) is 4.52. The molecule has 0 aliphatic heterocycles. The first-order valence-electron chi connectivity index (χ1n) is 7.81. The average molecular weight is 402 g/mol. The Morgan fingerprint density at radius 1 is 1.16 bits per heavy atom. The van der Waals surface area contributed by atoms with Gasteiger partial charge in [-0.3, -0.25) is 0 Å². The van der Waals surface area contributed by atoms with Gasteiger partial charge in [0, 0.05) is 21.1 Å². The van der Waals surface area contributed by atoms with Gasteiger partial charge < -0.3 is 9.15 Å². The van der Waals surface area contributed by atoms with Crippen LogP contribution in [0.1, 0.15) is 13.8 Å². The molecule has 3 aromatic rings. The lowest BCUT2D eigenvalue weighted by Gasteiger charge is -2.06. The van der Waals surface area contributed by atoms with E-state index in [0.29, 0.717) is 10.2 Å². The zero-order valence-corrected chi connectivity index (χ0v) is 15.7. The largest absolute Gasteiger partial charge is 0.494 e. The van der Waals surface area contributed by atoms with Crippen molar-refractivity contribution >= 4 is 44.7 Å². The summed E-state index contributed by atoms with van der Waals surface area (Å²) in [5.74, 6) is -0.290. The first-order chi connectivity index (χ1) is 12.1. The van der Waals surface area contributed by atoms with Gasteiger partial charge in [0.2, 0.25) is 0 Å². The highest BCUT2D eigenvalue weighted by atomic mass is 79.9. The van der Waals surface area contributed by atoms with Gasteiger partial charge in [-0.2, -0.15) is 0 Å². The predicted octanol–water partition coefficient (Wildman–Crippen LogP) is 4.18. The number of halogens is 2. The Morgan fingerprint density at radius 3 is 2.60 bits per heavy atom. The number of fused-ring (bicyclic) bond motifs is 1. The Hall–Kier alpha value is -2.40. The van der Waals surface area contributed by atoms with Gasteiger partial charge in [0.05, 0.1) is 18.2 Å². The van der Waals surface area contributed by atoms with Crippen molar-refractivity contribution in [2.45, 2.75) is 13.8 Å². The minimum Gasteiger partial charge on any atom is -0.494 e. The number of para-hydroxylation sites is 1. The SMILES string of the molecule is CC=c1oc2ccccc2c(=Nc2cc(OC)c(F)cc2Br)c1=CC. The number of ether oxygens (including phenoxy) is 1. The molecule has 0 bridgehead atoms. The summed E-state index contributed by atoms with van der Waals surface area (Å²) in [6, 6.07) is 10.6. The van der Waals surface area contributed by atoms with Gasteiger partial charge in [0.25, 0.3) is 0 Å². The molecular formula is C20H17BrFNO2. The fourth-order valence-electron chi connectivity index (χ4n) is 2.68. The molecule has 2 aromatic carbocycles. The van der Waals surface area contributed by atoms with E-state index in [2.05, 4.69) is 15.9 Å². The van der Waals surface area contributed by atoms with Gasteiger partial charge in [0.15, 0.2) is 11.6 Å². The molecule has 0 unspecified atom stereocenters. The molecule has 0 fully saturated rings. The Morgan fingerprint density at radius 2 is 1.92 bits per heavy atom. The second-order valence-corrected chi connectivity index (χ2v) is 6.21. The maximum absolute atomic E-state index is 13.9. The van der Waals surface area contributed by atoms with E-state index in [1.807, 2.05) is 50.3 Å². The molecule has 0 radical (unpaired) electrons. The molecule has 5 heteroatoms. The van der Waals surface area contributed by atoms with Gasteiger partial charge in [-0.1, -0.05) is 18.2 Å². The lowest BCUT2D eigenvalue weighted by molar-refractivity contribution is 0.386. The molecule has 0 amide bonds. The van der Waals surface area contributed by atoms with Crippen LogP contribution in [0, 0.1) is 5.82 Å². The highest BCUT2D eigenvalue weighted by Gasteiger charge is 2.09. The van der Waals surface area contributed by atoms with E-state index in [4.69, 9.17) is 14.1 Å². The number of methoxy groups -OCH3 is 1. The molecule has 3 nitrogen and oxygen atoms in total. The highest BCUT2D eigenvalue weighted by Crippen LogP contribution is 2.31. The first-order valence-corrected chi connectivity index (χ1v) is 8.60. The second kappa shape index (κ2) is 7.23. The summed E-state index contributed by atoms with van der Waals surface area (Å²) in [5, 5.41) is 2.54. The Labute approximate surface area is 152 Å². The summed E-state index contributed by atoms with van der Waals surface area (Å²) in [7, 11) is 1.43. The van der Waals surface area contributed by atoms with Crippen LogP contribution in [0.2, 0.25) is 0 Å². The minimum atomic E-state index is -0.439. The summed E-state index contributed by atoms with van der Waals surface area (Å²) in [6.45, 7) is 3.85. The molecule has 0 spiro atoms. The van der Waals surface area contributed by atoms with Crippen LogP contribution >= 0.6 is 15.9 Å². The van der Waals surface area contributed by atoms with Gasteiger partial charge >= 0.3 is 0 Å². The van der Waals surface area contributed by atoms with Crippen molar-refractivity contribution in [2.24, 2.45) is 4.99 Å². The lowest BCUT2D eigenvalue weighted by atomic mass is 10.2. The minimum absolute atomic E-state index is 0.149. The highest BCUT2D eigenvalue weighted by molar-refractivity contribution is 9.10. The number of hydrogen-bond acceptors (Lipinski definition) is 3. The molecule has 0 saturated heterocycles. The molecule has 0 N–H and O–H groups in total. The van der Waals surface area contributed by atoms with E-state index in [0.717, 1.165) is 27.0 Å². The third-order valence-electron chi connectivity index (χ3n) is 3.89. The molecule has 1 aromatic heterocycles. The van der Waals surface area contributed by atoms with Crippen LogP contribution in [0.3, 0.4) is 0 Å². The molecule has 0 aliphatic carbocycles. The van der Waals surface area contributed by atoms with Crippen LogP contribution in [0.15, 0.2) is 50.3 Å². The van der Waals surface area contributed by atoms with Crippen LogP contribution in [-0.4, -0.2) is 7.11 Å². The molecular weight excluding hydrogens is 385 g/mol. The smallest absolute Gasteiger partial charge is 0.166 e. The standard InChI is InChI=1S/C20H17BrFNO2/c1-4-12-17(5-2)25-18-9-7-6-8-13(18)20(12)23-16-11-19(24-3)15(22)10-14(16)21/h4-11H,1-3H3. The molecule has 128 valence electrons. The van der Waals surface area contributed by atoms with Crippen molar-refractivity contribution in [3.05, 3.63) is 62.7 Å². The Kier molecular flexibility index (Phi) is 5.04. The van der Waals surface area contributed by atoms with Crippen molar-refractivity contribution in [3.63, 3.8) is 0 Å². The van der Waals surface area contributed by atoms with Crippen molar-refractivity contribution in [1.29, 1.82) is 0 Å². The van der Waals surface area contributed by atoms with E-state index in [1.165, 1.54) is 13.2 Å². The summed E-state index contributed by atoms with van der Waals surface area (Å²) in [5.41, 5.74) is 2.06. The topological polar surface area (TPSA) is 34.7 Å². The van der Waals surface area contributed by atoms with Gasteiger partial charge in [0.1, 0.15) is 11.0 Å². The maximum atomic E-state index is 13.9. The number of rotatable bonds is 2. The summed E-state index contributed by atoms with van der Waals surface area (Å²) >= 11 is 3.38. The molecule has 0 aliphatic rings. The molecule has 25 heavy (non-hydrogen) atoms. The van der Waals surface area contributed by atoms with Gasteiger partial charge in [-0.15, -0.1) is 0 Å². The van der Waals surface area contributed by atoms with E-state index < -0.39 is 5.82 Å². The fourth-order valence-corrected chi connectivity index (χ4v) is 3.09. The maximum Gasteiger partial charge on any atom is 0.166 e. The van der Waals surface area contributed by atoms with E-state index in [-0.39, 0.29) is 5.75 Å². The molecule has 1 heterocycles. The van der Waals surface area contributed by atoms with Crippen LogP contribution < -0.4 is 20.7 Å². The van der Waals surface area contributed by atoms with E-state index >= 15 is 0 Å². The average Bonchev–Trinajstić information content (AvgIpc) is 2.63. The zero-order valence-electron chi connectivity index (χ0n) is 14.1. The molecule has 0 saturated carbocycles. The number of nitrogens with zero attached hydrogens (tertiary/aromatic N) is 1. The van der Waals surface area contributed by atoms with Crippen molar-refractivity contribution in [1.82, 2.24) is 0 Å². The second-order valence-electron chi connectivity index (χ2n) is 5.35. The van der Waals surface area contributed by atoms with E-state index in [1.54, 1.807) is 6.07 Å². The van der Waals surface area contributed by atoms with Gasteiger partial charge in [-0.05, 0) is 54.1 Å². The van der Waals surface area contributed by atoms with Gasteiger partial charge in [-0.25, -0.2) is 9.38 Å². The Balaban J connectivity index is 2.49. The van der Waals surface area contributed by atoms with Crippen molar-refractivity contribution in [2.75, 3.05) is 7.11 Å². The Bertz CT molecular complexity index is 1130. The fraction of sp³-hybridized carbons (Fsp3) is 0.150. The van der Waals surface area contributed by atoms with Crippen LogP contribution in [0.25, 0.3) is 23.1 Å². The molecule has 0 atom stereocenters. The first kappa shape index (κ1) is 17.4. The van der Waals surface area contributed by atoms with Crippen LogP contribution in [0.5, 0.6) is 5.75 Å². The quantitative estimate of drug-likeness (QED) is 0.645. The summed E-state index contributed by atoms with van der Waals surface area (Å²) in [4.78, 5) is 4.79. The van der Waals surface area contributed by atoms with E-state index in [9.17, 15) is 4.39 Å². The predicted molar refractivity (Wildman–Crippen MR) is 102 cm³/mol. The zero-order chi connectivity index (χ0) is 18.0.